The molecule has 0 spiro atoms. The van der Waals surface area contributed by atoms with Gasteiger partial charge in [-0.05, 0) is 50.5 Å². The average molecular weight is 634 g/mol. The van der Waals surface area contributed by atoms with Crippen molar-refractivity contribution in [2.24, 2.45) is 5.84 Å². The number of ether oxygens (including phenoxy) is 4. The molecule has 240 valence electrons. The maximum absolute atomic E-state index is 6.91. The van der Waals surface area contributed by atoms with Gasteiger partial charge in [-0.2, -0.15) is 0 Å². The molecule has 4 N–H and O–H groups in total. The number of rotatable bonds is 12. The standard InChI is InChI=1S/C33H43N7O4S/c1-21-17-36-33(45-21)22-7-6-8-25(15-22)40(35)32-30(34)31(37-20-38-32)39(19-24-10-12-27(42-3)16-29(24)44-5)18-23-9-11-26(41-2)13-14-28(23)43-4/h9-13,16-17,20,22,25H,6-8,14-15,18-19,34-35H2,1-5H3. The van der Waals surface area contributed by atoms with Crippen molar-refractivity contribution >= 4 is 28.7 Å². The van der Waals surface area contributed by atoms with E-state index in [4.69, 9.17) is 35.5 Å². The van der Waals surface area contributed by atoms with Crippen molar-refractivity contribution in [3.8, 4) is 11.5 Å². The zero-order valence-electron chi connectivity index (χ0n) is 26.7. The summed E-state index contributed by atoms with van der Waals surface area (Å²) in [5.41, 5.74) is 9.22. The van der Waals surface area contributed by atoms with E-state index in [0.29, 0.717) is 54.3 Å². The molecule has 2 heterocycles. The van der Waals surface area contributed by atoms with Crippen molar-refractivity contribution < 1.29 is 18.9 Å². The van der Waals surface area contributed by atoms with E-state index in [2.05, 4.69) is 21.8 Å². The Kier molecular flexibility index (Phi) is 10.5. The van der Waals surface area contributed by atoms with E-state index in [1.165, 1.54) is 16.2 Å². The Morgan fingerprint density at radius 1 is 0.956 bits per heavy atom. The lowest BCUT2D eigenvalue weighted by atomic mass is 9.85. The minimum atomic E-state index is 0.0688. The van der Waals surface area contributed by atoms with Crippen molar-refractivity contribution in [3.05, 3.63) is 81.5 Å². The van der Waals surface area contributed by atoms with Crippen LogP contribution in [0.3, 0.4) is 0 Å². The van der Waals surface area contributed by atoms with E-state index in [9.17, 15) is 0 Å². The highest BCUT2D eigenvalue weighted by atomic mass is 32.1. The van der Waals surface area contributed by atoms with Crippen LogP contribution in [0.15, 0.2) is 66.0 Å². The molecule has 0 aliphatic heterocycles. The Balaban J connectivity index is 1.49. The molecule has 0 amide bonds. The molecule has 11 nitrogen and oxygen atoms in total. The summed E-state index contributed by atoms with van der Waals surface area (Å²) in [6.07, 6.45) is 14.0. The van der Waals surface area contributed by atoms with Crippen molar-refractivity contribution in [1.82, 2.24) is 15.0 Å². The fraction of sp³-hybridized carbons (Fsp3) is 0.424. The minimum absolute atomic E-state index is 0.0688. The molecule has 1 aromatic carbocycles. The van der Waals surface area contributed by atoms with Crippen LogP contribution in [0, 0.1) is 6.92 Å². The van der Waals surface area contributed by atoms with Gasteiger partial charge >= 0.3 is 0 Å². The lowest BCUT2D eigenvalue weighted by molar-refractivity contribution is 0.277. The molecule has 2 aliphatic rings. The number of nitrogen functional groups attached to an aromatic ring is 1. The number of anilines is 3. The van der Waals surface area contributed by atoms with Crippen molar-refractivity contribution in [2.45, 2.75) is 57.5 Å². The SMILES string of the molecule is COC1=CCC(OC)=C(CN(Cc2ccc(OC)cc2OC)c2ncnc(N(N)C3CCCC(c4ncc(C)s4)C3)c2N)C=C1. The number of aromatic nitrogens is 3. The molecule has 45 heavy (non-hydrogen) atoms. The van der Waals surface area contributed by atoms with Gasteiger partial charge in [-0.25, -0.2) is 20.8 Å². The molecule has 2 unspecified atom stereocenters. The average Bonchev–Trinajstić information content (AvgIpc) is 3.41. The van der Waals surface area contributed by atoms with Crippen LogP contribution < -0.4 is 31.0 Å². The van der Waals surface area contributed by atoms with Gasteiger partial charge in [0.05, 0.1) is 33.4 Å². The maximum Gasteiger partial charge on any atom is 0.171 e. The maximum atomic E-state index is 6.91. The minimum Gasteiger partial charge on any atom is -0.500 e. The van der Waals surface area contributed by atoms with Gasteiger partial charge < -0.3 is 29.6 Å². The van der Waals surface area contributed by atoms with Crippen LogP contribution in [0.25, 0.3) is 0 Å². The summed E-state index contributed by atoms with van der Waals surface area (Å²) >= 11 is 1.76. The summed E-state index contributed by atoms with van der Waals surface area (Å²) in [7, 11) is 6.62. The second-order valence-electron chi connectivity index (χ2n) is 11.2. The van der Waals surface area contributed by atoms with E-state index < -0.39 is 0 Å². The monoisotopic (exact) mass is 633 g/mol. The Labute approximate surface area is 269 Å². The summed E-state index contributed by atoms with van der Waals surface area (Å²) in [6, 6.07) is 5.84. The Morgan fingerprint density at radius 2 is 1.78 bits per heavy atom. The van der Waals surface area contributed by atoms with Gasteiger partial charge in [0.15, 0.2) is 11.6 Å². The van der Waals surface area contributed by atoms with E-state index in [-0.39, 0.29) is 6.04 Å². The van der Waals surface area contributed by atoms with Gasteiger partial charge in [0.25, 0.3) is 0 Å². The predicted octanol–water partition coefficient (Wildman–Crippen LogP) is 5.64. The van der Waals surface area contributed by atoms with Crippen molar-refractivity contribution in [1.29, 1.82) is 0 Å². The molecule has 12 heteroatoms. The molecule has 2 aromatic heterocycles. The Morgan fingerprint density at radius 3 is 2.49 bits per heavy atom. The number of methoxy groups -OCH3 is 4. The number of hydrogen-bond acceptors (Lipinski definition) is 12. The number of nitrogens with two attached hydrogens (primary N) is 2. The first-order valence-electron chi connectivity index (χ1n) is 15.1. The van der Waals surface area contributed by atoms with E-state index in [0.717, 1.165) is 48.3 Å². The third kappa shape index (κ3) is 7.34. The quantitative estimate of drug-likeness (QED) is 0.189. The smallest absolute Gasteiger partial charge is 0.171 e. The lowest BCUT2D eigenvalue weighted by Gasteiger charge is -2.36. The number of hydrazine groups is 1. The van der Waals surface area contributed by atoms with Crippen LogP contribution in [0.1, 0.15) is 53.5 Å². The topological polar surface area (TPSA) is 134 Å². The summed E-state index contributed by atoms with van der Waals surface area (Å²) < 4.78 is 22.5. The first kappa shape index (κ1) is 32.1. The highest BCUT2D eigenvalue weighted by molar-refractivity contribution is 7.11. The molecule has 5 rings (SSSR count). The molecule has 2 aliphatic carbocycles. The van der Waals surface area contributed by atoms with Gasteiger partial charge in [-0.15, -0.1) is 11.3 Å². The first-order chi connectivity index (χ1) is 21.8. The van der Waals surface area contributed by atoms with E-state index in [1.807, 2.05) is 42.6 Å². The predicted molar refractivity (Wildman–Crippen MR) is 178 cm³/mol. The molecule has 3 aromatic rings. The molecule has 0 saturated heterocycles. The normalized spacial score (nSPS) is 18.2. The second kappa shape index (κ2) is 14.7. The molecule has 1 saturated carbocycles. The van der Waals surface area contributed by atoms with Crippen LogP contribution in [0.2, 0.25) is 0 Å². The molecule has 0 radical (unpaired) electrons. The Hall–Kier alpha value is -4.29. The number of allylic oxidation sites excluding steroid dienone is 2. The molecule has 0 bridgehead atoms. The third-order valence-electron chi connectivity index (χ3n) is 8.41. The van der Waals surface area contributed by atoms with E-state index >= 15 is 0 Å². The first-order valence-corrected chi connectivity index (χ1v) is 15.9. The largest absolute Gasteiger partial charge is 0.500 e. The summed E-state index contributed by atoms with van der Waals surface area (Å²) in [4.78, 5) is 17.3. The number of nitrogens with zero attached hydrogens (tertiary/aromatic N) is 5. The van der Waals surface area contributed by atoms with Crippen LogP contribution in [-0.4, -0.2) is 56.0 Å². The highest BCUT2D eigenvalue weighted by Gasteiger charge is 2.31. The summed E-state index contributed by atoms with van der Waals surface area (Å²) in [6.45, 7) is 2.97. The van der Waals surface area contributed by atoms with Crippen LogP contribution >= 0.6 is 11.3 Å². The molecular formula is C33H43N7O4S. The third-order valence-corrected chi connectivity index (χ3v) is 9.48. The molecule has 2 atom stereocenters. The van der Waals surface area contributed by atoms with E-state index in [1.54, 1.807) is 44.8 Å². The Bertz CT molecular complexity index is 1570. The van der Waals surface area contributed by atoms with Crippen molar-refractivity contribution in [3.63, 3.8) is 0 Å². The fourth-order valence-corrected chi connectivity index (χ4v) is 6.91. The van der Waals surface area contributed by atoms with Crippen LogP contribution in [-0.2, 0) is 16.0 Å². The molecule has 1 fully saturated rings. The van der Waals surface area contributed by atoms with Gasteiger partial charge in [0.2, 0.25) is 0 Å². The van der Waals surface area contributed by atoms with Crippen LogP contribution in [0.4, 0.5) is 17.3 Å². The van der Waals surface area contributed by atoms with Gasteiger partial charge in [-0.1, -0.05) is 12.5 Å². The zero-order valence-corrected chi connectivity index (χ0v) is 27.5. The van der Waals surface area contributed by atoms with Crippen molar-refractivity contribution in [2.75, 3.05) is 50.6 Å². The van der Waals surface area contributed by atoms with Gasteiger partial charge in [-0.3, -0.25) is 5.01 Å². The summed E-state index contributed by atoms with van der Waals surface area (Å²) in [5, 5.41) is 2.91. The molecular weight excluding hydrogens is 590 g/mol. The van der Waals surface area contributed by atoms with Gasteiger partial charge in [0, 0.05) is 59.7 Å². The number of aryl methyl sites for hydroxylation is 1. The lowest BCUT2D eigenvalue weighted by Crippen LogP contribution is -2.44. The zero-order chi connectivity index (χ0) is 31.9. The number of hydrogen-bond donors (Lipinski definition) is 2. The highest BCUT2D eigenvalue weighted by Crippen LogP contribution is 2.39. The summed E-state index contributed by atoms with van der Waals surface area (Å²) in [5.74, 6) is 11.3. The fourth-order valence-electron chi connectivity index (χ4n) is 5.98. The van der Waals surface area contributed by atoms with Gasteiger partial charge in [0.1, 0.15) is 35.0 Å². The van der Waals surface area contributed by atoms with Crippen LogP contribution in [0.5, 0.6) is 11.5 Å². The second-order valence-corrected chi connectivity index (χ2v) is 12.5. The number of thiazole rings is 1. The number of benzene rings is 1.